The van der Waals surface area contributed by atoms with Crippen molar-refractivity contribution >= 4 is 17.3 Å². The number of carbonyl (C=O) groups is 1. The van der Waals surface area contributed by atoms with Crippen LogP contribution in [0.25, 0.3) is 0 Å². The SMILES string of the molecule is CCOC(=O)c1csc(CN(C)CC(C)CC)n1. The van der Waals surface area contributed by atoms with Gasteiger partial charge in [-0.25, -0.2) is 9.78 Å². The van der Waals surface area contributed by atoms with Crippen LogP contribution in [0.3, 0.4) is 0 Å². The molecule has 0 aliphatic heterocycles. The van der Waals surface area contributed by atoms with Crippen molar-refractivity contribution in [3.05, 3.63) is 16.1 Å². The quantitative estimate of drug-likeness (QED) is 0.715. The zero-order chi connectivity index (χ0) is 13.5. The van der Waals surface area contributed by atoms with Gasteiger partial charge in [0.1, 0.15) is 5.01 Å². The molecule has 0 aliphatic carbocycles. The van der Waals surface area contributed by atoms with Crippen LogP contribution in [0.15, 0.2) is 5.38 Å². The lowest BCUT2D eigenvalue weighted by Gasteiger charge is -2.18. The third kappa shape index (κ3) is 4.74. The van der Waals surface area contributed by atoms with Crippen LogP contribution in [0.1, 0.15) is 42.7 Å². The molecule has 102 valence electrons. The zero-order valence-corrected chi connectivity index (χ0v) is 12.4. The number of hydrogen-bond acceptors (Lipinski definition) is 5. The second kappa shape index (κ2) is 7.48. The summed E-state index contributed by atoms with van der Waals surface area (Å²) in [5, 5.41) is 2.73. The number of thiazole rings is 1. The van der Waals surface area contributed by atoms with Crippen LogP contribution in [0.2, 0.25) is 0 Å². The lowest BCUT2D eigenvalue weighted by atomic mass is 10.1. The van der Waals surface area contributed by atoms with Crippen molar-refractivity contribution in [2.45, 2.75) is 33.7 Å². The first-order chi connectivity index (χ1) is 8.56. The van der Waals surface area contributed by atoms with Crippen molar-refractivity contribution in [2.24, 2.45) is 5.92 Å². The summed E-state index contributed by atoms with van der Waals surface area (Å²) in [6.07, 6.45) is 1.18. The normalized spacial score (nSPS) is 12.7. The third-order valence-corrected chi connectivity index (χ3v) is 3.60. The number of rotatable bonds is 7. The fourth-order valence-electron chi connectivity index (χ4n) is 1.64. The first kappa shape index (κ1) is 15.1. The van der Waals surface area contributed by atoms with E-state index in [-0.39, 0.29) is 5.97 Å². The Bertz CT molecular complexity index is 379. The Balaban J connectivity index is 2.50. The maximum absolute atomic E-state index is 11.5. The minimum Gasteiger partial charge on any atom is -0.461 e. The smallest absolute Gasteiger partial charge is 0.357 e. The lowest BCUT2D eigenvalue weighted by Crippen LogP contribution is -2.23. The first-order valence-corrected chi connectivity index (χ1v) is 7.24. The standard InChI is InChI=1S/C13H22N2O2S/c1-5-10(3)7-15(4)8-12-14-11(9-18-12)13(16)17-6-2/h9-10H,5-8H2,1-4H3. The second-order valence-corrected chi connectivity index (χ2v) is 5.50. The summed E-state index contributed by atoms with van der Waals surface area (Å²) < 4.78 is 4.92. The largest absolute Gasteiger partial charge is 0.461 e. The number of hydrogen-bond donors (Lipinski definition) is 0. The molecule has 1 unspecified atom stereocenters. The van der Waals surface area contributed by atoms with E-state index >= 15 is 0 Å². The molecule has 0 amide bonds. The molecule has 1 aromatic rings. The van der Waals surface area contributed by atoms with E-state index in [2.05, 4.69) is 30.8 Å². The second-order valence-electron chi connectivity index (χ2n) is 4.56. The minimum absolute atomic E-state index is 0.329. The topological polar surface area (TPSA) is 42.4 Å². The van der Waals surface area contributed by atoms with Crippen molar-refractivity contribution in [1.29, 1.82) is 0 Å². The van der Waals surface area contributed by atoms with Gasteiger partial charge >= 0.3 is 5.97 Å². The Morgan fingerprint density at radius 1 is 1.56 bits per heavy atom. The number of aromatic nitrogens is 1. The summed E-state index contributed by atoms with van der Waals surface area (Å²) in [6.45, 7) is 8.45. The lowest BCUT2D eigenvalue weighted by molar-refractivity contribution is 0.0520. The van der Waals surface area contributed by atoms with Gasteiger partial charge in [0.2, 0.25) is 0 Å². The van der Waals surface area contributed by atoms with Gasteiger partial charge in [-0.1, -0.05) is 20.3 Å². The van der Waals surface area contributed by atoms with Gasteiger partial charge in [0.25, 0.3) is 0 Å². The van der Waals surface area contributed by atoms with E-state index in [0.29, 0.717) is 18.2 Å². The summed E-state index contributed by atoms with van der Waals surface area (Å²) >= 11 is 1.51. The van der Waals surface area contributed by atoms with Crippen molar-refractivity contribution in [3.63, 3.8) is 0 Å². The molecule has 0 aromatic carbocycles. The summed E-state index contributed by atoms with van der Waals surface area (Å²) in [7, 11) is 2.08. The number of ether oxygens (including phenoxy) is 1. The molecule has 18 heavy (non-hydrogen) atoms. The minimum atomic E-state index is -0.329. The van der Waals surface area contributed by atoms with Crippen LogP contribution in [0.4, 0.5) is 0 Å². The molecule has 1 aromatic heterocycles. The highest BCUT2D eigenvalue weighted by molar-refractivity contribution is 7.09. The van der Waals surface area contributed by atoms with Gasteiger partial charge in [0, 0.05) is 11.9 Å². The Hall–Kier alpha value is -0.940. The van der Waals surface area contributed by atoms with Gasteiger partial charge in [-0.3, -0.25) is 4.90 Å². The van der Waals surface area contributed by atoms with Crippen LogP contribution in [-0.4, -0.2) is 36.1 Å². The highest BCUT2D eigenvalue weighted by atomic mass is 32.1. The van der Waals surface area contributed by atoms with Gasteiger partial charge in [0.05, 0.1) is 13.2 Å². The molecule has 0 bridgehead atoms. The molecule has 0 radical (unpaired) electrons. The van der Waals surface area contributed by atoms with Crippen LogP contribution in [0.5, 0.6) is 0 Å². The van der Waals surface area contributed by atoms with Crippen LogP contribution < -0.4 is 0 Å². The van der Waals surface area contributed by atoms with Crippen molar-refractivity contribution in [3.8, 4) is 0 Å². The zero-order valence-electron chi connectivity index (χ0n) is 11.6. The van der Waals surface area contributed by atoms with E-state index in [1.165, 1.54) is 17.8 Å². The molecule has 0 N–H and O–H groups in total. The van der Waals surface area contributed by atoms with E-state index in [1.54, 1.807) is 12.3 Å². The summed E-state index contributed by atoms with van der Waals surface area (Å²) in [6, 6.07) is 0. The maximum Gasteiger partial charge on any atom is 0.357 e. The molecular weight excluding hydrogens is 248 g/mol. The first-order valence-electron chi connectivity index (χ1n) is 6.36. The van der Waals surface area contributed by atoms with Gasteiger partial charge in [0.15, 0.2) is 5.69 Å². The van der Waals surface area contributed by atoms with E-state index in [4.69, 9.17) is 4.74 Å². The molecular formula is C13H22N2O2S. The van der Waals surface area contributed by atoms with E-state index in [1.807, 2.05) is 0 Å². The molecule has 1 rings (SSSR count). The van der Waals surface area contributed by atoms with Gasteiger partial charge in [-0.2, -0.15) is 0 Å². The molecule has 4 nitrogen and oxygen atoms in total. The Labute approximate surface area is 113 Å². The van der Waals surface area contributed by atoms with Gasteiger partial charge in [-0.05, 0) is 19.9 Å². The average Bonchev–Trinajstić information content (AvgIpc) is 2.77. The van der Waals surface area contributed by atoms with E-state index in [0.717, 1.165) is 18.1 Å². The van der Waals surface area contributed by atoms with Crippen LogP contribution in [0, 0.1) is 5.92 Å². The summed E-state index contributed by atoms with van der Waals surface area (Å²) in [4.78, 5) is 18.0. The molecule has 5 heteroatoms. The Kier molecular flexibility index (Phi) is 6.29. The van der Waals surface area contributed by atoms with Gasteiger partial charge in [-0.15, -0.1) is 11.3 Å². The number of esters is 1. The predicted molar refractivity (Wildman–Crippen MR) is 73.9 cm³/mol. The number of carbonyl (C=O) groups excluding carboxylic acids is 1. The van der Waals surface area contributed by atoms with Crippen molar-refractivity contribution in [1.82, 2.24) is 9.88 Å². The van der Waals surface area contributed by atoms with Crippen LogP contribution >= 0.6 is 11.3 Å². The summed E-state index contributed by atoms with van der Waals surface area (Å²) in [5.41, 5.74) is 0.425. The molecule has 1 heterocycles. The van der Waals surface area contributed by atoms with Gasteiger partial charge < -0.3 is 4.74 Å². The van der Waals surface area contributed by atoms with E-state index in [9.17, 15) is 4.79 Å². The molecule has 0 saturated carbocycles. The van der Waals surface area contributed by atoms with Crippen LogP contribution in [-0.2, 0) is 11.3 Å². The fraction of sp³-hybridized carbons (Fsp3) is 0.692. The summed E-state index contributed by atoms with van der Waals surface area (Å²) in [5.74, 6) is 0.351. The van der Waals surface area contributed by atoms with E-state index < -0.39 is 0 Å². The molecule has 1 atom stereocenters. The third-order valence-electron chi connectivity index (χ3n) is 2.76. The highest BCUT2D eigenvalue weighted by Crippen LogP contribution is 2.14. The Morgan fingerprint density at radius 3 is 2.89 bits per heavy atom. The monoisotopic (exact) mass is 270 g/mol. The fourth-order valence-corrected chi connectivity index (χ4v) is 2.48. The highest BCUT2D eigenvalue weighted by Gasteiger charge is 2.13. The molecule has 0 spiro atoms. The molecule has 0 saturated heterocycles. The molecule has 0 fully saturated rings. The van der Waals surface area contributed by atoms with Crippen molar-refractivity contribution < 1.29 is 9.53 Å². The molecule has 0 aliphatic rings. The number of nitrogens with zero attached hydrogens (tertiary/aromatic N) is 2. The average molecular weight is 270 g/mol. The van der Waals surface area contributed by atoms with Crippen molar-refractivity contribution in [2.75, 3.05) is 20.2 Å². The maximum atomic E-state index is 11.5. The Morgan fingerprint density at radius 2 is 2.28 bits per heavy atom. The predicted octanol–water partition coefficient (Wildman–Crippen LogP) is 2.80.